The fraction of sp³-hybridized carbons (Fsp3) is 0. The zero-order valence-electron chi connectivity index (χ0n) is 6.83. The quantitative estimate of drug-likeness (QED) is 0.584. The molecule has 3 nitrogen and oxygen atoms in total. The number of hydrogen-bond acceptors (Lipinski definition) is 3. The van der Waals surface area contributed by atoms with E-state index in [9.17, 15) is 4.79 Å². The number of thiophene rings is 1. The normalized spacial score (nSPS) is 18.5. The largest absolute Gasteiger partial charge is 0.328 e. The highest BCUT2D eigenvalue weighted by Crippen LogP contribution is 2.23. The van der Waals surface area contributed by atoms with E-state index in [1.54, 1.807) is 12.1 Å². The molecule has 0 atom stereocenters. The molecule has 1 saturated heterocycles. The molecule has 0 bridgehead atoms. The second-order valence-electron chi connectivity index (χ2n) is 2.61. The third-order valence-electron chi connectivity index (χ3n) is 1.60. The molecule has 2 heterocycles. The first kappa shape index (κ1) is 9.64. The summed E-state index contributed by atoms with van der Waals surface area (Å²) in [5.74, 6) is -0.209. The fourth-order valence-corrected chi connectivity index (χ4v) is 2.24. The van der Waals surface area contributed by atoms with Gasteiger partial charge in [-0.1, -0.05) is 11.6 Å². The first-order valence-electron chi connectivity index (χ1n) is 3.74. The van der Waals surface area contributed by atoms with Gasteiger partial charge in [0.15, 0.2) is 5.11 Å². The molecule has 1 aromatic heterocycles. The van der Waals surface area contributed by atoms with E-state index in [0.29, 0.717) is 15.1 Å². The average molecular weight is 245 g/mol. The molecule has 72 valence electrons. The van der Waals surface area contributed by atoms with Crippen molar-refractivity contribution in [2.45, 2.75) is 0 Å². The molecule has 14 heavy (non-hydrogen) atoms. The van der Waals surface area contributed by atoms with Gasteiger partial charge in [0.1, 0.15) is 5.70 Å². The summed E-state index contributed by atoms with van der Waals surface area (Å²) in [7, 11) is 0. The Morgan fingerprint density at radius 1 is 1.43 bits per heavy atom. The molecule has 2 N–H and O–H groups in total. The molecule has 0 radical (unpaired) electrons. The summed E-state index contributed by atoms with van der Waals surface area (Å²) in [6.45, 7) is 0. The summed E-state index contributed by atoms with van der Waals surface area (Å²) in [6.07, 6.45) is 1.71. The number of thiocarbonyl (C=S) groups is 1. The van der Waals surface area contributed by atoms with Crippen LogP contribution in [0.1, 0.15) is 4.88 Å². The summed E-state index contributed by atoms with van der Waals surface area (Å²) in [4.78, 5) is 12.2. The van der Waals surface area contributed by atoms with Crippen LogP contribution >= 0.6 is 35.2 Å². The molecule has 0 saturated carbocycles. The van der Waals surface area contributed by atoms with E-state index in [2.05, 4.69) is 10.6 Å². The van der Waals surface area contributed by atoms with Crippen LogP contribution in [0.25, 0.3) is 6.08 Å². The number of rotatable bonds is 1. The maximum Gasteiger partial charge on any atom is 0.273 e. The highest BCUT2D eigenvalue weighted by molar-refractivity contribution is 7.80. The summed E-state index contributed by atoms with van der Waals surface area (Å²) in [5, 5.41) is 5.57. The van der Waals surface area contributed by atoms with Crippen LogP contribution in [0.4, 0.5) is 0 Å². The molecule has 0 aliphatic carbocycles. The third kappa shape index (κ3) is 1.95. The van der Waals surface area contributed by atoms with E-state index in [4.69, 9.17) is 23.8 Å². The number of halogens is 1. The number of hydrogen-bond donors (Lipinski definition) is 2. The Kier molecular flexibility index (Phi) is 2.54. The molecule has 2 rings (SSSR count). The topological polar surface area (TPSA) is 41.1 Å². The van der Waals surface area contributed by atoms with Crippen molar-refractivity contribution in [2.75, 3.05) is 0 Å². The summed E-state index contributed by atoms with van der Waals surface area (Å²) >= 11 is 11.9. The molecule has 6 heteroatoms. The lowest BCUT2D eigenvalue weighted by Crippen LogP contribution is -2.21. The lowest BCUT2D eigenvalue weighted by atomic mass is 10.3. The van der Waals surface area contributed by atoms with Crippen molar-refractivity contribution in [1.82, 2.24) is 10.6 Å². The lowest BCUT2D eigenvalue weighted by Gasteiger charge is -1.91. The van der Waals surface area contributed by atoms with E-state index in [1.165, 1.54) is 11.3 Å². The van der Waals surface area contributed by atoms with E-state index < -0.39 is 0 Å². The van der Waals surface area contributed by atoms with Gasteiger partial charge in [-0.3, -0.25) is 10.1 Å². The first-order chi connectivity index (χ1) is 6.65. The highest BCUT2D eigenvalue weighted by atomic mass is 35.5. The molecule has 0 aromatic carbocycles. The molecule has 1 aliphatic heterocycles. The van der Waals surface area contributed by atoms with Crippen LogP contribution in [0, 0.1) is 0 Å². The Balaban J connectivity index is 2.27. The van der Waals surface area contributed by atoms with Crippen LogP contribution in [0.15, 0.2) is 17.8 Å². The van der Waals surface area contributed by atoms with E-state index >= 15 is 0 Å². The Morgan fingerprint density at radius 3 is 2.71 bits per heavy atom. The van der Waals surface area contributed by atoms with Gasteiger partial charge in [0, 0.05) is 4.88 Å². The maximum absolute atomic E-state index is 11.2. The highest BCUT2D eigenvalue weighted by Gasteiger charge is 2.19. The minimum atomic E-state index is -0.209. The Labute approximate surface area is 94.8 Å². The Morgan fingerprint density at radius 2 is 2.21 bits per heavy atom. The van der Waals surface area contributed by atoms with Crippen molar-refractivity contribution in [1.29, 1.82) is 0 Å². The van der Waals surface area contributed by atoms with Crippen LogP contribution in [0.5, 0.6) is 0 Å². The fourth-order valence-electron chi connectivity index (χ4n) is 1.03. The standard InChI is InChI=1S/C8H5ClN2OS2/c9-6-2-1-4(14-6)3-5-7(12)11-8(13)10-5/h1-3H,(H2,10,11,12,13). The molecule has 1 fully saturated rings. The average Bonchev–Trinajstić information content (AvgIpc) is 2.61. The molecule has 0 spiro atoms. The number of carbonyl (C=O) groups excluding carboxylic acids is 1. The van der Waals surface area contributed by atoms with Crippen molar-refractivity contribution in [3.8, 4) is 0 Å². The summed E-state index contributed by atoms with van der Waals surface area (Å²) < 4.78 is 0.692. The number of nitrogens with one attached hydrogen (secondary N) is 2. The minimum absolute atomic E-state index is 0.209. The van der Waals surface area contributed by atoms with Gasteiger partial charge in [0.2, 0.25) is 0 Å². The Hall–Kier alpha value is -0.910. The van der Waals surface area contributed by atoms with E-state index in [1.807, 2.05) is 6.07 Å². The maximum atomic E-state index is 11.2. The van der Waals surface area contributed by atoms with Crippen LogP contribution in [0.3, 0.4) is 0 Å². The van der Waals surface area contributed by atoms with Crippen LogP contribution in [-0.2, 0) is 4.79 Å². The van der Waals surface area contributed by atoms with Crippen molar-refractivity contribution in [3.63, 3.8) is 0 Å². The van der Waals surface area contributed by atoms with E-state index in [-0.39, 0.29) is 5.91 Å². The molecule has 1 aliphatic rings. The second kappa shape index (κ2) is 3.68. The Bertz CT molecular complexity index is 438. The van der Waals surface area contributed by atoms with Crippen molar-refractivity contribution >= 4 is 52.3 Å². The van der Waals surface area contributed by atoms with Crippen molar-refractivity contribution < 1.29 is 4.79 Å². The van der Waals surface area contributed by atoms with Crippen molar-refractivity contribution in [3.05, 3.63) is 27.0 Å². The van der Waals surface area contributed by atoms with Crippen LogP contribution in [0.2, 0.25) is 4.34 Å². The first-order valence-corrected chi connectivity index (χ1v) is 5.35. The predicted octanol–water partition coefficient (Wildman–Crippen LogP) is 1.75. The molecule has 0 unspecified atom stereocenters. The summed E-state index contributed by atoms with van der Waals surface area (Å²) in [5.41, 5.74) is 0.452. The van der Waals surface area contributed by atoms with Gasteiger partial charge < -0.3 is 5.32 Å². The lowest BCUT2D eigenvalue weighted by molar-refractivity contribution is -0.115. The molecule has 1 amide bonds. The van der Waals surface area contributed by atoms with Gasteiger partial charge in [-0.05, 0) is 30.4 Å². The molecular weight excluding hydrogens is 240 g/mol. The zero-order chi connectivity index (χ0) is 10.1. The van der Waals surface area contributed by atoms with E-state index in [0.717, 1.165) is 4.88 Å². The van der Waals surface area contributed by atoms with Gasteiger partial charge in [-0.25, -0.2) is 0 Å². The van der Waals surface area contributed by atoms with Gasteiger partial charge in [-0.15, -0.1) is 11.3 Å². The number of carbonyl (C=O) groups is 1. The number of amides is 1. The van der Waals surface area contributed by atoms with Crippen LogP contribution < -0.4 is 10.6 Å². The van der Waals surface area contributed by atoms with Gasteiger partial charge >= 0.3 is 0 Å². The molecular formula is C8H5ClN2OS2. The van der Waals surface area contributed by atoms with Crippen LogP contribution in [-0.4, -0.2) is 11.0 Å². The smallest absolute Gasteiger partial charge is 0.273 e. The van der Waals surface area contributed by atoms with Crippen molar-refractivity contribution in [2.24, 2.45) is 0 Å². The zero-order valence-corrected chi connectivity index (χ0v) is 9.22. The summed E-state index contributed by atoms with van der Waals surface area (Å²) in [6, 6.07) is 3.63. The van der Waals surface area contributed by atoms with Gasteiger partial charge in [0.25, 0.3) is 5.91 Å². The molecule has 1 aromatic rings. The SMILES string of the molecule is O=C1NC(=S)NC1=Cc1ccc(Cl)s1. The third-order valence-corrected chi connectivity index (χ3v) is 2.98. The minimum Gasteiger partial charge on any atom is -0.328 e. The second-order valence-corrected chi connectivity index (χ2v) is 4.76. The monoisotopic (exact) mass is 244 g/mol. The van der Waals surface area contributed by atoms with Gasteiger partial charge in [-0.2, -0.15) is 0 Å². The predicted molar refractivity (Wildman–Crippen MR) is 61.2 cm³/mol. The van der Waals surface area contributed by atoms with Gasteiger partial charge in [0.05, 0.1) is 4.34 Å².